The number of methoxy groups -OCH3 is 1. The third-order valence-electron chi connectivity index (χ3n) is 12.1. The fourth-order valence-electron chi connectivity index (χ4n) is 8.73. The molecule has 2 aromatic heterocycles. The van der Waals surface area contributed by atoms with Crippen LogP contribution in [0.1, 0.15) is 95.2 Å². The molecule has 2 bridgehead atoms. The molecule has 0 radical (unpaired) electrons. The second-order valence-electron chi connectivity index (χ2n) is 15.5. The highest BCUT2D eigenvalue weighted by molar-refractivity contribution is 5.94. The number of rotatable bonds is 9. The van der Waals surface area contributed by atoms with Crippen molar-refractivity contribution in [2.75, 3.05) is 31.6 Å². The quantitative estimate of drug-likeness (QED) is 0.236. The lowest BCUT2D eigenvalue weighted by Crippen LogP contribution is -2.52. The summed E-state index contributed by atoms with van der Waals surface area (Å²) in [6.07, 6.45) is 13.9. The summed E-state index contributed by atoms with van der Waals surface area (Å²) in [5.41, 5.74) is 4.43. The van der Waals surface area contributed by atoms with Gasteiger partial charge in [-0.05, 0) is 113 Å². The number of benzene rings is 1. The first kappa shape index (κ1) is 34.0. The summed E-state index contributed by atoms with van der Waals surface area (Å²) in [6.45, 7) is 7.79. The number of amides is 2. The number of nitriles is 1. The summed E-state index contributed by atoms with van der Waals surface area (Å²) >= 11 is 0. The number of hydrogen-bond acceptors (Lipinski definition) is 8. The summed E-state index contributed by atoms with van der Waals surface area (Å²) in [7, 11) is 1.73. The molecule has 11 nitrogen and oxygen atoms in total. The average Bonchev–Trinajstić information content (AvgIpc) is 3.62. The minimum Gasteiger partial charge on any atom is -0.496 e. The molecule has 3 heterocycles. The number of carbonyl (C=O) groups is 2. The van der Waals surface area contributed by atoms with Crippen LogP contribution in [0.25, 0.3) is 11.3 Å². The lowest BCUT2D eigenvalue weighted by atomic mass is 9.51. The zero-order valence-electron chi connectivity index (χ0n) is 29.8. The number of aryl methyl sites for hydroxylation is 1. The van der Waals surface area contributed by atoms with Crippen molar-refractivity contribution in [1.29, 1.82) is 5.26 Å². The molecular weight excluding hydrogens is 630 g/mol. The van der Waals surface area contributed by atoms with Crippen molar-refractivity contribution < 1.29 is 19.1 Å². The first-order valence-corrected chi connectivity index (χ1v) is 18.3. The Morgan fingerprint density at radius 1 is 1.04 bits per heavy atom. The van der Waals surface area contributed by atoms with E-state index in [9.17, 15) is 9.59 Å². The molecule has 0 N–H and O–H groups in total. The lowest BCUT2D eigenvalue weighted by Gasteiger charge is -2.55. The zero-order valence-corrected chi connectivity index (χ0v) is 29.8. The van der Waals surface area contributed by atoms with E-state index in [2.05, 4.69) is 55.1 Å². The Kier molecular flexibility index (Phi) is 9.31. The summed E-state index contributed by atoms with van der Waals surface area (Å²) in [5, 5.41) is 13.6. The third kappa shape index (κ3) is 6.57. The minimum absolute atomic E-state index is 0.0256. The molecule has 3 aromatic rings. The smallest absolute Gasteiger partial charge is 0.410 e. The molecule has 1 saturated heterocycles. The van der Waals surface area contributed by atoms with E-state index in [-0.39, 0.29) is 46.8 Å². The van der Waals surface area contributed by atoms with Crippen LogP contribution in [0, 0.1) is 35.5 Å². The molecule has 0 unspecified atom stereocenters. The van der Waals surface area contributed by atoms with Crippen LogP contribution in [0.3, 0.4) is 0 Å². The summed E-state index contributed by atoms with van der Waals surface area (Å²) in [4.78, 5) is 40.1. The van der Waals surface area contributed by atoms with Gasteiger partial charge < -0.3 is 14.4 Å². The van der Waals surface area contributed by atoms with Crippen LogP contribution in [0.5, 0.6) is 5.75 Å². The molecular formula is C39H49N7O4. The first-order chi connectivity index (χ1) is 24.1. The Bertz CT molecular complexity index is 1740. The van der Waals surface area contributed by atoms with Gasteiger partial charge in [0.05, 0.1) is 31.0 Å². The van der Waals surface area contributed by atoms with Crippen LogP contribution in [0.2, 0.25) is 0 Å². The van der Waals surface area contributed by atoms with Crippen LogP contribution in [0.4, 0.5) is 10.6 Å². The van der Waals surface area contributed by atoms with Gasteiger partial charge in [-0.1, -0.05) is 12.1 Å². The van der Waals surface area contributed by atoms with Crippen LogP contribution >= 0.6 is 0 Å². The Hall–Kier alpha value is -4.46. The van der Waals surface area contributed by atoms with Crippen molar-refractivity contribution >= 4 is 17.8 Å². The number of nitrogens with zero attached hydrogens (tertiary/aromatic N) is 7. The molecule has 4 saturated carbocycles. The highest BCUT2D eigenvalue weighted by atomic mass is 16.6. The predicted molar refractivity (Wildman–Crippen MR) is 188 cm³/mol. The van der Waals surface area contributed by atoms with Crippen molar-refractivity contribution in [3.63, 3.8) is 0 Å². The molecule has 264 valence electrons. The van der Waals surface area contributed by atoms with Crippen molar-refractivity contribution in [3.05, 3.63) is 54.1 Å². The van der Waals surface area contributed by atoms with E-state index in [1.165, 1.54) is 11.1 Å². The number of ether oxygens (including phenoxy) is 2. The molecule has 0 atom stereocenters. The van der Waals surface area contributed by atoms with E-state index in [0.717, 1.165) is 55.5 Å². The Labute approximate surface area is 295 Å². The molecule has 8 rings (SSSR count). The minimum atomic E-state index is -0.350. The van der Waals surface area contributed by atoms with E-state index < -0.39 is 0 Å². The molecule has 1 aromatic carbocycles. The fraction of sp³-hybridized carbons (Fsp3) is 0.590. The maximum atomic E-state index is 14.6. The van der Waals surface area contributed by atoms with Gasteiger partial charge in [-0.2, -0.15) is 10.4 Å². The molecule has 5 aliphatic rings. The maximum absolute atomic E-state index is 14.6. The number of aromatic nitrogens is 4. The van der Waals surface area contributed by atoms with Crippen LogP contribution < -0.4 is 9.64 Å². The SMILES string of the molecule is COc1ccc(C23CCC(CN(C(=O)C4CCC(OC(=O)N5CC(C#N)C5)CC4)c4cc(-c5cnn(C(C)C)c5)ncn4)(CC2)CC3)cc1C. The number of fused-ring (bicyclic) bond motifs is 3. The van der Waals surface area contributed by atoms with Gasteiger partial charge in [0.1, 0.15) is 24.0 Å². The molecule has 0 spiro atoms. The third-order valence-corrected chi connectivity index (χ3v) is 12.1. The van der Waals surface area contributed by atoms with Gasteiger partial charge >= 0.3 is 6.09 Å². The highest BCUT2D eigenvalue weighted by Crippen LogP contribution is 2.58. The molecule has 5 fully saturated rings. The van der Waals surface area contributed by atoms with Crippen molar-refractivity contribution in [1.82, 2.24) is 24.6 Å². The predicted octanol–water partition coefficient (Wildman–Crippen LogP) is 7.01. The Morgan fingerprint density at radius 2 is 1.76 bits per heavy atom. The molecule has 11 heteroatoms. The number of anilines is 1. The summed E-state index contributed by atoms with van der Waals surface area (Å²) in [6, 6.07) is 11.0. The van der Waals surface area contributed by atoms with Gasteiger partial charge in [0.25, 0.3) is 0 Å². The highest BCUT2D eigenvalue weighted by Gasteiger charge is 2.51. The van der Waals surface area contributed by atoms with Gasteiger partial charge in [0, 0.05) is 49.4 Å². The largest absolute Gasteiger partial charge is 0.496 e. The second-order valence-corrected chi connectivity index (χ2v) is 15.5. The fourth-order valence-corrected chi connectivity index (χ4v) is 8.73. The lowest BCUT2D eigenvalue weighted by molar-refractivity contribution is -0.124. The van der Waals surface area contributed by atoms with Gasteiger partial charge in [0.15, 0.2) is 0 Å². The second kappa shape index (κ2) is 13.7. The normalized spacial score (nSPS) is 26.3. The van der Waals surface area contributed by atoms with Gasteiger partial charge in [-0.3, -0.25) is 14.4 Å². The van der Waals surface area contributed by atoms with E-state index in [1.54, 1.807) is 18.3 Å². The average molecular weight is 680 g/mol. The van der Waals surface area contributed by atoms with Crippen LogP contribution in [0.15, 0.2) is 43.0 Å². The molecule has 4 aliphatic carbocycles. The maximum Gasteiger partial charge on any atom is 0.410 e. The monoisotopic (exact) mass is 679 g/mol. The van der Waals surface area contributed by atoms with E-state index in [1.807, 2.05) is 28.0 Å². The van der Waals surface area contributed by atoms with Gasteiger partial charge in [-0.15, -0.1) is 0 Å². The molecule has 2 amide bonds. The van der Waals surface area contributed by atoms with Crippen molar-refractivity contribution in [3.8, 4) is 23.1 Å². The Morgan fingerprint density at radius 3 is 2.38 bits per heavy atom. The topological polar surface area (TPSA) is 126 Å². The summed E-state index contributed by atoms with van der Waals surface area (Å²) in [5.74, 6) is 1.38. The molecule has 50 heavy (non-hydrogen) atoms. The zero-order chi connectivity index (χ0) is 35.0. The van der Waals surface area contributed by atoms with Crippen LogP contribution in [-0.4, -0.2) is 69.5 Å². The standard InChI is InChI=1S/C39H49N7O4/c1-26(2)46-23-30(20-43-46)33-18-35(42-25-41-33)45(36(47)29-5-8-32(9-6-29)50-37(48)44-21-28(19-40)22-44)24-38-11-14-39(15-12-38,16-13-38)31-7-10-34(49-4)27(3)17-31/h7,10,17-18,20,23,25-26,28-29,32H,5-6,8-9,11-16,21-22,24H2,1-4H3. The molecule has 1 aliphatic heterocycles. The number of carbonyl (C=O) groups excluding carboxylic acids is 2. The van der Waals surface area contributed by atoms with Crippen LogP contribution in [-0.2, 0) is 14.9 Å². The summed E-state index contributed by atoms with van der Waals surface area (Å²) < 4.78 is 13.2. The van der Waals surface area contributed by atoms with E-state index >= 15 is 0 Å². The van der Waals surface area contributed by atoms with Crippen molar-refractivity contribution in [2.45, 2.75) is 103 Å². The van der Waals surface area contributed by atoms with E-state index in [0.29, 0.717) is 51.1 Å². The van der Waals surface area contributed by atoms with Gasteiger partial charge in [-0.25, -0.2) is 14.8 Å². The Balaban J connectivity index is 1.09. The first-order valence-electron chi connectivity index (χ1n) is 18.3. The number of hydrogen-bond donors (Lipinski definition) is 0. The van der Waals surface area contributed by atoms with E-state index in [4.69, 9.17) is 19.7 Å². The van der Waals surface area contributed by atoms with Crippen molar-refractivity contribution in [2.24, 2.45) is 17.3 Å². The number of likely N-dealkylation sites (tertiary alicyclic amines) is 1. The van der Waals surface area contributed by atoms with Gasteiger partial charge in [0.2, 0.25) is 5.91 Å².